The van der Waals surface area contributed by atoms with Crippen molar-refractivity contribution in [3.05, 3.63) is 41.5 Å². The number of rotatable bonds is 3. The fourth-order valence-electron chi connectivity index (χ4n) is 1.35. The van der Waals surface area contributed by atoms with E-state index in [1.165, 1.54) is 0 Å². The van der Waals surface area contributed by atoms with E-state index in [2.05, 4.69) is 5.16 Å². The van der Waals surface area contributed by atoms with Gasteiger partial charge in [-0.3, -0.25) is 0 Å². The Hall–Kier alpha value is -1.55. The summed E-state index contributed by atoms with van der Waals surface area (Å²) in [6.45, 7) is 2.62. The zero-order valence-electron chi connectivity index (χ0n) is 7.97. The van der Waals surface area contributed by atoms with Crippen molar-refractivity contribution in [2.45, 2.75) is 20.1 Å². The molecule has 74 valence electrons. The summed E-state index contributed by atoms with van der Waals surface area (Å²) in [7, 11) is 0. The summed E-state index contributed by atoms with van der Waals surface area (Å²) in [6, 6.07) is 3.78. The maximum atomic E-state index is 8.87. The molecule has 0 saturated carbocycles. The summed E-state index contributed by atoms with van der Waals surface area (Å²) < 4.78 is 7.03. The molecule has 2 aromatic rings. The molecule has 0 spiro atoms. The number of aliphatic hydroxyl groups excluding tert-OH is 1. The Morgan fingerprint density at radius 3 is 3.00 bits per heavy atom. The highest BCUT2D eigenvalue weighted by molar-refractivity contribution is 5.11. The zero-order chi connectivity index (χ0) is 9.97. The van der Waals surface area contributed by atoms with E-state index in [1.54, 1.807) is 0 Å². The first-order valence-electron chi connectivity index (χ1n) is 4.45. The molecular weight excluding hydrogens is 180 g/mol. The molecule has 0 radical (unpaired) electrons. The quantitative estimate of drug-likeness (QED) is 0.798. The normalized spacial score (nSPS) is 10.7. The predicted octanol–water partition coefficient (Wildman–Crippen LogP) is 1.33. The molecule has 0 unspecified atom stereocenters. The molecule has 0 atom stereocenters. The number of hydrogen-bond acceptors (Lipinski definition) is 3. The van der Waals surface area contributed by atoms with Crippen molar-refractivity contribution in [1.29, 1.82) is 0 Å². The van der Waals surface area contributed by atoms with Crippen LogP contribution in [0.25, 0.3) is 0 Å². The molecule has 2 rings (SSSR count). The Morgan fingerprint density at radius 1 is 1.57 bits per heavy atom. The molecule has 0 saturated heterocycles. The van der Waals surface area contributed by atoms with Crippen LogP contribution in [0, 0.1) is 6.92 Å². The number of aryl methyl sites for hydroxylation is 1. The molecule has 0 bridgehead atoms. The lowest BCUT2D eigenvalue weighted by Crippen LogP contribution is -1.94. The number of nitrogens with zero attached hydrogens (tertiary/aromatic N) is 2. The minimum atomic E-state index is 0.0719. The minimum Gasteiger partial charge on any atom is -0.392 e. The maximum absolute atomic E-state index is 8.87. The van der Waals surface area contributed by atoms with Gasteiger partial charge in [0.1, 0.15) is 0 Å². The van der Waals surface area contributed by atoms with Gasteiger partial charge in [-0.2, -0.15) is 0 Å². The Balaban J connectivity index is 2.10. The van der Waals surface area contributed by atoms with Gasteiger partial charge in [0.25, 0.3) is 0 Å². The zero-order valence-corrected chi connectivity index (χ0v) is 7.97. The summed E-state index contributed by atoms with van der Waals surface area (Å²) in [5.41, 5.74) is 1.79. The van der Waals surface area contributed by atoms with E-state index in [-0.39, 0.29) is 6.61 Å². The van der Waals surface area contributed by atoms with E-state index in [0.29, 0.717) is 6.54 Å². The van der Waals surface area contributed by atoms with Crippen molar-refractivity contribution >= 4 is 0 Å². The van der Waals surface area contributed by atoms with Crippen LogP contribution in [0.2, 0.25) is 0 Å². The molecule has 2 heterocycles. The average molecular weight is 192 g/mol. The highest BCUT2D eigenvalue weighted by Crippen LogP contribution is 2.07. The number of aliphatic hydroxyl groups is 1. The van der Waals surface area contributed by atoms with Gasteiger partial charge in [-0.25, -0.2) is 0 Å². The van der Waals surface area contributed by atoms with Crippen LogP contribution in [0.1, 0.15) is 17.0 Å². The third kappa shape index (κ3) is 1.85. The Labute approximate surface area is 81.8 Å². The number of aromatic nitrogens is 2. The van der Waals surface area contributed by atoms with E-state index >= 15 is 0 Å². The van der Waals surface area contributed by atoms with Gasteiger partial charge in [-0.15, -0.1) is 0 Å². The second-order valence-electron chi connectivity index (χ2n) is 3.28. The average Bonchev–Trinajstić information content (AvgIpc) is 2.76. The van der Waals surface area contributed by atoms with Crippen molar-refractivity contribution in [1.82, 2.24) is 9.72 Å². The summed E-state index contributed by atoms with van der Waals surface area (Å²) in [5, 5.41) is 12.7. The largest absolute Gasteiger partial charge is 0.392 e. The first-order valence-corrected chi connectivity index (χ1v) is 4.45. The van der Waals surface area contributed by atoms with Crippen molar-refractivity contribution in [3.63, 3.8) is 0 Å². The van der Waals surface area contributed by atoms with E-state index in [4.69, 9.17) is 9.63 Å². The summed E-state index contributed by atoms with van der Waals surface area (Å²) >= 11 is 0. The first-order chi connectivity index (χ1) is 6.78. The maximum Gasteiger partial charge on any atom is 0.156 e. The van der Waals surface area contributed by atoms with Gasteiger partial charge in [0, 0.05) is 18.5 Å². The highest BCUT2D eigenvalue weighted by Gasteiger charge is 2.01. The number of hydrogen-bond donors (Lipinski definition) is 1. The Kier molecular flexibility index (Phi) is 2.37. The minimum absolute atomic E-state index is 0.0719. The van der Waals surface area contributed by atoms with Crippen LogP contribution in [0.5, 0.6) is 0 Å². The smallest absolute Gasteiger partial charge is 0.156 e. The van der Waals surface area contributed by atoms with Crippen LogP contribution in [0.4, 0.5) is 0 Å². The van der Waals surface area contributed by atoms with Gasteiger partial charge in [0.05, 0.1) is 18.8 Å². The second-order valence-corrected chi connectivity index (χ2v) is 3.28. The monoisotopic (exact) mass is 192 g/mol. The molecule has 14 heavy (non-hydrogen) atoms. The van der Waals surface area contributed by atoms with Crippen molar-refractivity contribution in [3.8, 4) is 0 Å². The van der Waals surface area contributed by atoms with E-state index in [9.17, 15) is 0 Å². The summed E-state index contributed by atoms with van der Waals surface area (Å²) in [6.07, 6.45) is 3.79. The van der Waals surface area contributed by atoms with Crippen LogP contribution in [-0.2, 0) is 13.2 Å². The Morgan fingerprint density at radius 2 is 2.43 bits per heavy atom. The summed E-state index contributed by atoms with van der Waals surface area (Å²) in [5.74, 6) is 0.822. The SMILES string of the molecule is Cc1cc(Cn2ccc(CO)c2)on1. The molecule has 0 aromatic carbocycles. The first kappa shape index (κ1) is 9.02. The third-order valence-corrected chi connectivity index (χ3v) is 2.01. The molecule has 0 aliphatic carbocycles. The lowest BCUT2D eigenvalue weighted by molar-refractivity contribution is 0.281. The topological polar surface area (TPSA) is 51.2 Å². The lowest BCUT2D eigenvalue weighted by Gasteiger charge is -1.96. The molecule has 4 nitrogen and oxygen atoms in total. The third-order valence-electron chi connectivity index (χ3n) is 2.01. The van der Waals surface area contributed by atoms with Crippen molar-refractivity contribution in [2.75, 3.05) is 0 Å². The van der Waals surface area contributed by atoms with Crippen molar-refractivity contribution < 1.29 is 9.63 Å². The lowest BCUT2D eigenvalue weighted by atomic mass is 10.4. The predicted molar refractivity (Wildman–Crippen MR) is 50.7 cm³/mol. The molecule has 4 heteroatoms. The molecule has 1 N–H and O–H groups in total. The molecule has 0 aliphatic rings. The van der Waals surface area contributed by atoms with Crippen LogP contribution >= 0.6 is 0 Å². The highest BCUT2D eigenvalue weighted by atomic mass is 16.5. The molecule has 0 aliphatic heterocycles. The van der Waals surface area contributed by atoms with Crippen LogP contribution in [-0.4, -0.2) is 14.8 Å². The van der Waals surface area contributed by atoms with E-state index in [1.807, 2.05) is 36.0 Å². The standard InChI is InChI=1S/C10H12N2O2/c1-8-4-10(14-11-8)6-12-3-2-9(5-12)7-13/h2-5,13H,6-7H2,1H3. The molecular formula is C10H12N2O2. The Bertz CT molecular complexity index is 417. The fourth-order valence-corrected chi connectivity index (χ4v) is 1.35. The van der Waals surface area contributed by atoms with Gasteiger partial charge in [0.15, 0.2) is 5.76 Å². The van der Waals surface area contributed by atoms with Crippen LogP contribution < -0.4 is 0 Å². The van der Waals surface area contributed by atoms with Gasteiger partial charge in [-0.1, -0.05) is 5.16 Å². The molecule has 2 aromatic heterocycles. The van der Waals surface area contributed by atoms with Gasteiger partial charge < -0.3 is 14.2 Å². The summed E-state index contributed by atoms with van der Waals surface area (Å²) in [4.78, 5) is 0. The molecule has 0 fully saturated rings. The van der Waals surface area contributed by atoms with Crippen molar-refractivity contribution in [2.24, 2.45) is 0 Å². The van der Waals surface area contributed by atoms with E-state index in [0.717, 1.165) is 17.0 Å². The van der Waals surface area contributed by atoms with E-state index < -0.39 is 0 Å². The van der Waals surface area contributed by atoms with Crippen LogP contribution in [0.3, 0.4) is 0 Å². The fraction of sp³-hybridized carbons (Fsp3) is 0.300. The second kappa shape index (κ2) is 3.67. The van der Waals surface area contributed by atoms with Gasteiger partial charge >= 0.3 is 0 Å². The molecule has 0 amide bonds. The van der Waals surface area contributed by atoms with Gasteiger partial charge in [0.2, 0.25) is 0 Å². The van der Waals surface area contributed by atoms with Crippen LogP contribution in [0.15, 0.2) is 29.0 Å². The van der Waals surface area contributed by atoms with Gasteiger partial charge in [-0.05, 0) is 18.6 Å².